The minimum Gasteiger partial charge on any atom is -0.505 e. The Morgan fingerprint density at radius 1 is 0.681 bits per heavy atom. The number of methoxy groups -OCH3 is 1. The standard InChI is InChI=1S/C16H16BN3O4.C15H14BN3O4/c1-24-15-12(16(18)21)6-7-13-14(15)19-9-20(13)8-10-2-4-11(5-3-10)17(22)23;17-15(21)11-5-6-12-13(14(11)20)18-8-19(12)7-9-1-3-10(4-2-9)16(22)23/h2-7,9,22-23H,8H2,1H3,(H2,18,21);1-6,8,20,22-23H,7H2,(H2,17,21). The average molecular weight is 636 g/mol. The van der Waals surface area contributed by atoms with E-state index in [9.17, 15) is 14.7 Å². The Morgan fingerprint density at radius 2 is 1.11 bits per heavy atom. The number of hydrogen-bond acceptors (Lipinski definition) is 10. The predicted octanol–water partition coefficient (Wildman–Crippen LogP) is -0.559. The zero-order valence-corrected chi connectivity index (χ0v) is 25.1. The van der Waals surface area contributed by atoms with Gasteiger partial charge in [-0.15, -0.1) is 0 Å². The zero-order valence-electron chi connectivity index (χ0n) is 25.1. The third-order valence-corrected chi connectivity index (χ3v) is 7.51. The minimum absolute atomic E-state index is 0.0315. The van der Waals surface area contributed by atoms with E-state index in [4.69, 9.17) is 36.3 Å². The van der Waals surface area contributed by atoms with Crippen LogP contribution in [0.5, 0.6) is 11.5 Å². The Bertz CT molecular complexity index is 2060. The number of ether oxygens (including phenoxy) is 1. The van der Waals surface area contributed by atoms with Crippen molar-refractivity contribution < 1.29 is 39.5 Å². The van der Waals surface area contributed by atoms with Crippen LogP contribution in [0.15, 0.2) is 85.5 Å². The van der Waals surface area contributed by atoms with Crippen LogP contribution in [0.2, 0.25) is 0 Å². The number of carbonyl (C=O) groups is 2. The lowest BCUT2D eigenvalue weighted by molar-refractivity contribution is 0.0989. The predicted molar refractivity (Wildman–Crippen MR) is 175 cm³/mol. The molecule has 14 nitrogen and oxygen atoms in total. The summed E-state index contributed by atoms with van der Waals surface area (Å²) in [6, 6.07) is 20.3. The molecule has 2 amide bonds. The van der Waals surface area contributed by atoms with E-state index >= 15 is 0 Å². The third kappa shape index (κ3) is 6.95. The number of amides is 2. The molecule has 0 aliphatic heterocycles. The summed E-state index contributed by atoms with van der Waals surface area (Å²) < 4.78 is 9.01. The molecule has 0 bridgehead atoms. The number of fused-ring (bicyclic) bond motifs is 2. The smallest absolute Gasteiger partial charge is 0.488 e. The molecule has 0 fully saturated rings. The van der Waals surface area contributed by atoms with Gasteiger partial charge in [-0.2, -0.15) is 0 Å². The molecule has 0 saturated carbocycles. The van der Waals surface area contributed by atoms with Gasteiger partial charge >= 0.3 is 14.2 Å². The van der Waals surface area contributed by atoms with Gasteiger partial charge in [-0.25, -0.2) is 9.97 Å². The number of nitrogens with zero attached hydrogens (tertiary/aromatic N) is 4. The number of aromatic nitrogens is 4. The molecule has 2 aromatic heterocycles. The molecule has 6 rings (SSSR count). The van der Waals surface area contributed by atoms with E-state index in [1.54, 1.807) is 67.3 Å². The van der Waals surface area contributed by atoms with E-state index < -0.39 is 26.1 Å². The molecule has 238 valence electrons. The molecule has 2 heterocycles. The Balaban J connectivity index is 0.000000185. The van der Waals surface area contributed by atoms with Crippen LogP contribution in [0.4, 0.5) is 0 Å². The number of hydrogen-bond donors (Lipinski definition) is 7. The summed E-state index contributed by atoms with van der Waals surface area (Å²) in [4.78, 5) is 31.2. The van der Waals surface area contributed by atoms with Crippen LogP contribution in [-0.2, 0) is 13.1 Å². The maximum absolute atomic E-state index is 11.5. The van der Waals surface area contributed by atoms with Crippen LogP contribution in [0.1, 0.15) is 31.8 Å². The number of phenols is 1. The van der Waals surface area contributed by atoms with Crippen molar-refractivity contribution in [1.82, 2.24) is 19.1 Å². The highest BCUT2D eigenvalue weighted by Gasteiger charge is 2.18. The first-order valence-corrected chi connectivity index (χ1v) is 14.2. The molecule has 4 aromatic carbocycles. The van der Waals surface area contributed by atoms with E-state index in [2.05, 4.69) is 9.97 Å². The van der Waals surface area contributed by atoms with Crippen LogP contribution in [0, 0.1) is 0 Å². The van der Waals surface area contributed by atoms with Crippen LogP contribution in [0.25, 0.3) is 22.1 Å². The van der Waals surface area contributed by atoms with Crippen LogP contribution >= 0.6 is 0 Å². The molecule has 0 atom stereocenters. The highest BCUT2D eigenvalue weighted by molar-refractivity contribution is 6.58. The highest BCUT2D eigenvalue weighted by Crippen LogP contribution is 2.29. The summed E-state index contributed by atoms with van der Waals surface area (Å²) in [6.07, 6.45) is 3.22. The molecular formula is C31H30B2N6O8. The minimum atomic E-state index is -1.50. The Labute approximate surface area is 268 Å². The van der Waals surface area contributed by atoms with Gasteiger partial charge in [-0.1, -0.05) is 48.5 Å². The fourth-order valence-corrected chi connectivity index (χ4v) is 5.06. The first-order chi connectivity index (χ1) is 22.5. The van der Waals surface area contributed by atoms with Crippen molar-refractivity contribution >= 4 is 59.0 Å². The Hall–Kier alpha value is -5.67. The van der Waals surface area contributed by atoms with Crippen molar-refractivity contribution in [3.05, 3.63) is 108 Å². The van der Waals surface area contributed by atoms with Crippen molar-refractivity contribution in [3.8, 4) is 11.5 Å². The second kappa shape index (κ2) is 13.8. The lowest BCUT2D eigenvalue weighted by atomic mass is 9.80. The second-order valence-corrected chi connectivity index (χ2v) is 10.5. The summed E-state index contributed by atoms with van der Waals surface area (Å²) in [5.74, 6) is -1.15. The average Bonchev–Trinajstić information content (AvgIpc) is 3.65. The molecule has 6 aromatic rings. The summed E-state index contributed by atoms with van der Waals surface area (Å²) in [5, 5.41) is 46.5. The Kier molecular flexibility index (Phi) is 9.58. The van der Waals surface area contributed by atoms with Crippen molar-refractivity contribution in [2.24, 2.45) is 11.5 Å². The van der Waals surface area contributed by atoms with Gasteiger partial charge in [-0.3, -0.25) is 9.59 Å². The van der Waals surface area contributed by atoms with Crippen LogP contribution in [-0.4, -0.2) is 77.5 Å². The highest BCUT2D eigenvalue weighted by atomic mass is 16.5. The molecule has 0 aliphatic carbocycles. The van der Waals surface area contributed by atoms with Crippen LogP contribution in [0.3, 0.4) is 0 Å². The number of aromatic hydroxyl groups is 1. The fraction of sp³-hybridized carbons (Fsp3) is 0.0968. The van der Waals surface area contributed by atoms with Gasteiger partial charge in [0.25, 0.3) is 11.8 Å². The number of nitrogens with two attached hydrogens (primary N) is 2. The van der Waals surface area contributed by atoms with E-state index in [-0.39, 0.29) is 16.9 Å². The van der Waals surface area contributed by atoms with E-state index in [1.165, 1.54) is 13.2 Å². The number of carbonyl (C=O) groups excluding carboxylic acids is 2. The van der Waals surface area contributed by atoms with E-state index in [1.807, 2.05) is 21.3 Å². The molecule has 0 radical (unpaired) electrons. The normalized spacial score (nSPS) is 10.8. The fourth-order valence-electron chi connectivity index (χ4n) is 5.06. The first kappa shape index (κ1) is 32.7. The topological polar surface area (TPSA) is 232 Å². The van der Waals surface area contributed by atoms with E-state index in [0.717, 1.165) is 16.6 Å². The maximum atomic E-state index is 11.5. The molecule has 0 saturated heterocycles. The molecule has 16 heteroatoms. The van der Waals surface area contributed by atoms with Crippen molar-refractivity contribution in [2.75, 3.05) is 7.11 Å². The van der Waals surface area contributed by atoms with Gasteiger partial charge in [0.1, 0.15) is 11.0 Å². The lowest BCUT2D eigenvalue weighted by Gasteiger charge is -2.09. The first-order valence-electron chi connectivity index (χ1n) is 14.2. The number of primary amides is 2. The summed E-state index contributed by atoms with van der Waals surface area (Å²) in [6.45, 7) is 1.02. The summed E-state index contributed by atoms with van der Waals surface area (Å²) in [5.41, 5.74) is 16.0. The van der Waals surface area contributed by atoms with Gasteiger partial charge in [0, 0.05) is 13.1 Å². The molecular weight excluding hydrogens is 606 g/mol. The second-order valence-electron chi connectivity index (χ2n) is 10.5. The summed E-state index contributed by atoms with van der Waals surface area (Å²) >= 11 is 0. The quantitative estimate of drug-likeness (QED) is 0.100. The number of benzene rings is 4. The van der Waals surface area contributed by atoms with Crippen LogP contribution < -0.4 is 27.1 Å². The SMILES string of the molecule is COc1c(C(N)=O)ccc2c1ncn2Cc1ccc(B(O)O)cc1.NC(=O)c1ccc2c(ncn2Cc2ccc(B(O)O)cc2)c1O. The van der Waals surface area contributed by atoms with Gasteiger partial charge in [-0.05, 0) is 46.3 Å². The number of rotatable bonds is 9. The van der Waals surface area contributed by atoms with E-state index in [0.29, 0.717) is 46.3 Å². The van der Waals surface area contributed by atoms with Crippen molar-refractivity contribution in [1.29, 1.82) is 0 Å². The molecule has 0 unspecified atom stereocenters. The van der Waals surface area contributed by atoms with Crippen molar-refractivity contribution in [2.45, 2.75) is 13.1 Å². The van der Waals surface area contributed by atoms with Gasteiger partial charge in [0.15, 0.2) is 11.5 Å². The molecule has 0 aliphatic rings. The van der Waals surface area contributed by atoms with Crippen molar-refractivity contribution in [3.63, 3.8) is 0 Å². The third-order valence-electron chi connectivity index (χ3n) is 7.51. The number of imidazole rings is 2. The lowest BCUT2D eigenvalue weighted by Crippen LogP contribution is -2.29. The summed E-state index contributed by atoms with van der Waals surface area (Å²) in [7, 11) is -1.51. The van der Waals surface area contributed by atoms with Gasteiger partial charge < -0.3 is 50.5 Å². The largest absolute Gasteiger partial charge is 0.505 e. The van der Waals surface area contributed by atoms with Gasteiger partial charge in [0.05, 0.1) is 41.9 Å². The monoisotopic (exact) mass is 636 g/mol. The molecule has 0 spiro atoms. The molecule has 47 heavy (non-hydrogen) atoms. The molecule has 9 N–H and O–H groups in total. The zero-order chi connectivity index (χ0) is 33.8. The van der Waals surface area contributed by atoms with Gasteiger partial charge in [0.2, 0.25) is 0 Å². The maximum Gasteiger partial charge on any atom is 0.488 e. The Morgan fingerprint density at radius 3 is 1.53 bits per heavy atom.